The summed E-state index contributed by atoms with van der Waals surface area (Å²) in [6.07, 6.45) is 2.46. The Balaban J connectivity index is 1.55. The second-order valence-corrected chi connectivity index (χ2v) is 7.12. The molecule has 0 radical (unpaired) electrons. The molecule has 0 bridgehead atoms. The van der Waals surface area contributed by atoms with Crippen molar-refractivity contribution in [3.05, 3.63) is 53.1 Å². The predicted octanol–water partition coefficient (Wildman–Crippen LogP) is 3.42. The van der Waals surface area contributed by atoms with Gasteiger partial charge in [-0.05, 0) is 58.4 Å². The zero-order valence-corrected chi connectivity index (χ0v) is 15.2. The number of fused-ring (bicyclic) bond motifs is 1. The minimum Gasteiger partial charge on any atom is -0.293 e. The van der Waals surface area contributed by atoms with E-state index in [1.54, 1.807) is 0 Å². The summed E-state index contributed by atoms with van der Waals surface area (Å²) in [5.74, 6) is 0. The standard InChI is InChI=1S/C20H25N5/c1-14-11-15(2)25(23-14)12-17-7-6-10-24(17)13-20-16(3)21-18-8-4-5-9-19(18)22-20/h4-5,8-9,11,17H,6-7,10,12-13H2,1-3H3. The van der Waals surface area contributed by atoms with Gasteiger partial charge in [-0.15, -0.1) is 0 Å². The Hall–Kier alpha value is -2.27. The van der Waals surface area contributed by atoms with Crippen molar-refractivity contribution in [2.24, 2.45) is 0 Å². The van der Waals surface area contributed by atoms with Crippen molar-refractivity contribution < 1.29 is 0 Å². The van der Waals surface area contributed by atoms with Crippen molar-refractivity contribution in [2.45, 2.75) is 52.7 Å². The number of para-hydroxylation sites is 2. The van der Waals surface area contributed by atoms with E-state index in [4.69, 9.17) is 9.97 Å². The van der Waals surface area contributed by atoms with Gasteiger partial charge in [-0.3, -0.25) is 9.58 Å². The molecule has 25 heavy (non-hydrogen) atoms. The molecule has 0 amide bonds. The summed E-state index contributed by atoms with van der Waals surface area (Å²) in [6, 6.07) is 10.8. The van der Waals surface area contributed by atoms with Gasteiger partial charge in [0.2, 0.25) is 0 Å². The van der Waals surface area contributed by atoms with E-state index in [1.807, 2.05) is 24.3 Å². The third kappa shape index (κ3) is 3.29. The third-order valence-electron chi connectivity index (χ3n) is 5.18. The zero-order chi connectivity index (χ0) is 17.4. The lowest BCUT2D eigenvalue weighted by molar-refractivity contribution is 0.215. The molecule has 130 valence electrons. The zero-order valence-electron chi connectivity index (χ0n) is 15.2. The van der Waals surface area contributed by atoms with Crippen LogP contribution >= 0.6 is 0 Å². The van der Waals surface area contributed by atoms with Crippen molar-refractivity contribution >= 4 is 11.0 Å². The molecule has 4 rings (SSSR count). The average molecular weight is 335 g/mol. The highest BCUT2D eigenvalue weighted by atomic mass is 15.3. The van der Waals surface area contributed by atoms with Gasteiger partial charge in [0.05, 0.1) is 34.7 Å². The Morgan fingerprint density at radius 3 is 2.56 bits per heavy atom. The molecule has 1 fully saturated rings. The fraction of sp³-hybridized carbons (Fsp3) is 0.450. The number of rotatable bonds is 4. The molecule has 0 spiro atoms. The molecular weight excluding hydrogens is 310 g/mol. The van der Waals surface area contributed by atoms with Gasteiger partial charge in [0.1, 0.15) is 0 Å². The lowest BCUT2D eigenvalue weighted by Gasteiger charge is -2.25. The van der Waals surface area contributed by atoms with Crippen LogP contribution in [-0.4, -0.2) is 37.2 Å². The molecule has 1 aliphatic heterocycles. The molecule has 5 heteroatoms. The van der Waals surface area contributed by atoms with E-state index in [2.05, 4.69) is 41.5 Å². The summed E-state index contributed by atoms with van der Waals surface area (Å²) in [7, 11) is 0. The van der Waals surface area contributed by atoms with E-state index in [0.717, 1.165) is 47.7 Å². The minimum atomic E-state index is 0.519. The van der Waals surface area contributed by atoms with Crippen LogP contribution in [0.4, 0.5) is 0 Å². The molecule has 1 aliphatic rings. The molecule has 3 heterocycles. The quantitative estimate of drug-likeness (QED) is 0.733. The Morgan fingerprint density at radius 2 is 1.84 bits per heavy atom. The van der Waals surface area contributed by atoms with E-state index >= 15 is 0 Å². The number of aryl methyl sites for hydroxylation is 3. The first-order valence-electron chi connectivity index (χ1n) is 9.07. The van der Waals surface area contributed by atoms with Crippen LogP contribution in [0, 0.1) is 20.8 Å². The lowest BCUT2D eigenvalue weighted by atomic mass is 10.2. The summed E-state index contributed by atoms with van der Waals surface area (Å²) >= 11 is 0. The Labute approximate surface area is 148 Å². The van der Waals surface area contributed by atoms with Crippen LogP contribution in [0.2, 0.25) is 0 Å². The second kappa shape index (κ2) is 6.56. The van der Waals surface area contributed by atoms with E-state index in [9.17, 15) is 0 Å². The fourth-order valence-corrected chi connectivity index (χ4v) is 3.84. The van der Waals surface area contributed by atoms with Gasteiger partial charge in [0.25, 0.3) is 0 Å². The normalized spacial score (nSPS) is 18.3. The summed E-state index contributed by atoms with van der Waals surface area (Å²) in [5, 5.41) is 4.64. The summed E-state index contributed by atoms with van der Waals surface area (Å²) in [4.78, 5) is 12.2. The summed E-state index contributed by atoms with van der Waals surface area (Å²) in [5.41, 5.74) is 6.43. The van der Waals surface area contributed by atoms with Crippen molar-refractivity contribution in [2.75, 3.05) is 6.54 Å². The van der Waals surface area contributed by atoms with Gasteiger partial charge in [0, 0.05) is 18.3 Å². The monoisotopic (exact) mass is 335 g/mol. The molecule has 2 aromatic heterocycles. The molecule has 0 N–H and O–H groups in total. The first-order chi connectivity index (χ1) is 12.1. The number of hydrogen-bond donors (Lipinski definition) is 0. The van der Waals surface area contributed by atoms with Crippen molar-refractivity contribution in [3.63, 3.8) is 0 Å². The molecule has 0 aliphatic carbocycles. The third-order valence-corrected chi connectivity index (χ3v) is 5.18. The number of aromatic nitrogens is 4. The molecular formula is C20H25N5. The van der Waals surface area contributed by atoms with Crippen molar-refractivity contribution in [3.8, 4) is 0 Å². The largest absolute Gasteiger partial charge is 0.293 e. The second-order valence-electron chi connectivity index (χ2n) is 7.12. The Bertz CT molecular complexity index is 898. The lowest BCUT2D eigenvalue weighted by Crippen LogP contribution is -2.33. The number of benzene rings is 1. The van der Waals surface area contributed by atoms with Crippen LogP contribution in [-0.2, 0) is 13.1 Å². The highest BCUT2D eigenvalue weighted by molar-refractivity contribution is 5.74. The van der Waals surface area contributed by atoms with Gasteiger partial charge in [-0.1, -0.05) is 12.1 Å². The summed E-state index contributed by atoms with van der Waals surface area (Å²) in [6.45, 7) is 9.22. The topological polar surface area (TPSA) is 46.8 Å². The average Bonchev–Trinajstić information content (AvgIpc) is 3.14. The smallest absolute Gasteiger partial charge is 0.0890 e. The fourth-order valence-electron chi connectivity index (χ4n) is 3.84. The first kappa shape index (κ1) is 16.2. The van der Waals surface area contributed by atoms with Gasteiger partial charge < -0.3 is 0 Å². The maximum absolute atomic E-state index is 4.87. The molecule has 1 aromatic carbocycles. The molecule has 1 atom stereocenters. The highest BCUT2D eigenvalue weighted by Gasteiger charge is 2.26. The van der Waals surface area contributed by atoms with E-state index in [-0.39, 0.29) is 0 Å². The van der Waals surface area contributed by atoms with Gasteiger partial charge in [-0.2, -0.15) is 5.10 Å². The molecule has 1 unspecified atom stereocenters. The van der Waals surface area contributed by atoms with Crippen LogP contribution in [0.3, 0.4) is 0 Å². The number of likely N-dealkylation sites (tertiary alicyclic amines) is 1. The van der Waals surface area contributed by atoms with Gasteiger partial charge >= 0.3 is 0 Å². The highest BCUT2D eigenvalue weighted by Crippen LogP contribution is 2.23. The Kier molecular flexibility index (Phi) is 4.25. The number of hydrogen-bond acceptors (Lipinski definition) is 4. The van der Waals surface area contributed by atoms with Crippen LogP contribution in [0.25, 0.3) is 11.0 Å². The van der Waals surface area contributed by atoms with E-state index in [1.165, 1.54) is 18.5 Å². The van der Waals surface area contributed by atoms with Crippen molar-refractivity contribution in [1.82, 2.24) is 24.6 Å². The SMILES string of the molecule is Cc1cc(C)n(CC2CCCN2Cc2nc3ccccc3nc2C)n1. The predicted molar refractivity (Wildman–Crippen MR) is 99.4 cm³/mol. The maximum atomic E-state index is 4.87. The van der Waals surface area contributed by atoms with Crippen molar-refractivity contribution in [1.29, 1.82) is 0 Å². The van der Waals surface area contributed by atoms with Gasteiger partial charge in [-0.25, -0.2) is 9.97 Å². The Morgan fingerprint density at radius 1 is 1.08 bits per heavy atom. The minimum absolute atomic E-state index is 0.519. The van der Waals surface area contributed by atoms with E-state index < -0.39 is 0 Å². The van der Waals surface area contributed by atoms with Crippen LogP contribution in [0.15, 0.2) is 30.3 Å². The summed E-state index contributed by atoms with van der Waals surface area (Å²) < 4.78 is 2.15. The van der Waals surface area contributed by atoms with E-state index in [0.29, 0.717) is 6.04 Å². The molecule has 3 aromatic rings. The molecule has 0 saturated carbocycles. The number of nitrogens with zero attached hydrogens (tertiary/aromatic N) is 5. The molecule has 5 nitrogen and oxygen atoms in total. The van der Waals surface area contributed by atoms with Crippen LogP contribution < -0.4 is 0 Å². The van der Waals surface area contributed by atoms with Crippen LogP contribution in [0.1, 0.15) is 35.6 Å². The maximum Gasteiger partial charge on any atom is 0.0890 e. The molecule has 1 saturated heterocycles. The van der Waals surface area contributed by atoms with Gasteiger partial charge in [0.15, 0.2) is 0 Å². The van der Waals surface area contributed by atoms with Crippen LogP contribution in [0.5, 0.6) is 0 Å². The first-order valence-corrected chi connectivity index (χ1v) is 9.07.